The summed E-state index contributed by atoms with van der Waals surface area (Å²) >= 11 is 0. The normalized spacial score (nSPS) is 22.9. The molecule has 2 aliphatic rings. The summed E-state index contributed by atoms with van der Waals surface area (Å²) in [6, 6.07) is 4.88. The summed E-state index contributed by atoms with van der Waals surface area (Å²) in [7, 11) is 1.64. The molecule has 0 radical (unpaired) electrons. The minimum absolute atomic E-state index is 0.153. The summed E-state index contributed by atoms with van der Waals surface area (Å²) in [5.41, 5.74) is 0.263. The number of ether oxygens (including phenoxy) is 1. The van der Waals surface area contributed by atoms with E-state index in [1.54, 1.807) is 31.3 Å². The zero-order valence-corrected chi connectivity index (χ0v) is 18.8. The Morgan fingerprint density at radius 2 is 1.91 bits per heavy atom. The summed E-state index contributed by atoms with van der Waals surface area (Å²) in [5, 5.41) is 8.25. The number of nitrogens with one attached hydrogen (secondary N) is 3. The van der Waals surface area contributed by atoms with Gasteiger partial charge in [0.25, 0.3) is 5.91 Å². The molecule has 174 valence electrons. The second-order valence-corrected chi connectivity index (χ2v) is 8.81. The van der Waals surface area contributed by atoms with E-state index in [2.05, 4.69) is 16.0 Å². The third kappa shape index (κ3) is 6.21. The molecule has 3 rings (SSSR count). The molecule has 1 aromatic rings. The van der Waals surface area contributed by atoms with Crippen molar-refractivity contribution in [1.29, 1.82) is 0 Å². The molecule has 3 N–H and O–H groups in total. The smallest absolute Gasteiger partial charge is 0.255 e. The number of hydrogen-bond acceptors (Lipinski definition) is 5. The fraction of sp³-hybridized carbons (Fsp3) is 0.565. The number of nitrogens with zero attached hydrogens (tertiary/aromatic N) is 1. The molecule has 9 nitrogen and oxygen atoms in total. The van der Waals surface area contributed by atoms with Crippen LogP contribution in [0, 0.1) is 11.8 Å². The van der Waals surface area contributed by atoms with Gasteiger partial charge in [-0.05, 0) is 36.8 Å². The van der Waals surface area contributed by atoms with Crippen LogP contribution in [-0.2, 0) is 14.4 Å². The van der Waals surface area contributed by atoms with E-state index in [0.717, 1.165) is 12.8 Å². The molecule has 9 heteroatoms. The van der Waals surface area contributed by atoms with Crippen molar-refractivity contribution in [3.63, 3.8) is 0 Å². The van der Waals surface area contributed by atoms with Gasteiger partial charge < -0.3 is 25.6 Å². The number of rotatable bonds is 4. The van der Waals surface area contributed by atoms with Crippen LogP contribution in [0.5, 0.6) is 5.75 Å². The van der Waals surface area contributed by atoms with Crippen LogP contribution in [0.25, 0.3) is 0 Å². The third-order valence-corrected chi connectivity index (χ3v) is 5.71. The Hall–Kier alpha value is -3.10. The molecule has 1 aliphatic heterocycles. The second kappa shape index (κ2) is 10.5. The van der Waals surface area contributed by atoms with Gasteiger partial charge in [-0.2, -0.15) is 0 Å². The molecule has 1 fully saturated rings. The lowest BCUT2D eigenvalue weighted by Crippen LogP contribution is -2.54. The molecule has 1 saturated carbocycles. The van der Waals surface area contributed by atoms with Crippen LogP contribution >= 0.6 is 0 Å². The number of amides is 4. The standard InChI is InChI=1S/C23H32N4O5/c1-14(2)20-23(31)27(3)10-11-32-18-7-5-4-6-16(18)21(29)25-17(12-19(28)26-20)22(30)24-13-15-8-9-15/h4-7,14-15,17,20H,8-13H2,1-3H3,(H,24,30)(H,25,29)(H,26,28)/t17-,20-/m0/s1. The lowest BCUT2D eigenvalue weighted by Gasteiger charge is -2.28. The van der Waals surface area contributed by atoms with Crippen molar-refractivity contribution in [2.45, 2.75) is 45.2 Å². The third-order valence-electron chi connectivity index (χ3n) is 5.71. The van der Waals surface area contributed by atoms with Gasteiger partial charge in [-0.25, -0.2) is 0 Å². The van der Waals surface area contributed by atoms with Gasteiger partial charge in [0.1, 0.15) is 24.4 Å². The Balaban J connectivity index is 1.86. The van der Waals surface area contributed by atoms with Gasteiger partial charge in [-0.15, -0.1) is 0 Å². The van der Waals surface area contributed by atoms with Crippen molar-refractivity contribution in [2.75, 3.05) is 26.7 Å². The van der Waals surface area contributed by atoms with Crippen molar-refractivity contribution in [1.82, 2.24) is 20.9 Å². The number of likely N-dealkylation sites (N-methyl/N-ethyl adjacent to an activating group) is 1. The maximum absolute atomic E-state index is 13.0. The maximum atomic E-state index is 13.0. The number of carbonyl (C=O) groups excluding carboxylic acids is 4. The monoisotopic (exact) mass is 444 g/mol. The number of benzene rings is 1. The zero-order valence-electron chi connectivity index (χ0n) is 18.8. The van der Waals surface area contributed by atoms with Crippen LogP contribution in [-0.4, -0.2) is 67.4 Å². The lowest BCUT2D eigenvalue weighted by molar-refractivity contribution is -0.137. The van der Waals surface area contributed by atoms with Crippen LogP contribution in [0.15, 0.2) is 24.3 Å². The van der Waals surface area contributed by atoms with Crippen LogP contribution in [0.2, 0.25) is 0 Å². The van der Waals surface area contributed by atoms with Gasteiger partial charge in [-0.1, -0.05) is 26.0 Å². The number of para-hydroxylation sites is 1. The topological polar surface area (TPSA) is 117 Å². The van der Waals surface area contributed by atoms with Crippen molar-refractivity contribution in [2.24, 2.45) is 11.8 Å². The SMILES string of the molecule is CC(C)[C@@H]1NC(=O)C[C@@H](C(=O)NCC2CC2)NC(=O)c2ccccc2OCCN(C)C1=O. The van der Waals surface area contributed by atoms with E-state index < -0.39 is 29.8 Å². The van der Waals surface area contributed by atoms with E-state index in [1.165, 1.54) is 4.90 Å². The Morgan fingerprint density at radius 1 is 1.19 bits per heavy atom. The van der Waals surface area contributed by atoms with E-state index in [0.29, 0.717) is 24.8 Å². The molecule has 1 aliphatic carbocycles. The largest absolute Gasteiger partial charge is 0.491 e. The maximum Gasteiger partial charge on any atom is 0.255 e. The van der Waals surface area contributed by atoms with Crippen molar-refractivity contribution < 1.29 is 23.9 Å². The molecule has 1 heterocycles. The van der Waals surface area contributed by atoms with Crippen LogP contribution in [0.3, 0.4) is 0 Å². The van der Waals surface area contributed by atoms with Crippen molar-refractivity contribution in [3.8, 4) is 5.75 Å². The van der Waals surface area contributed by atoms with Gasteiger partial charge >= 0.3 is 0 Å². The van der Waals surface area contributed by atoms with Crippen molar-refractivity contribution in [3.05, 3.63) is 29.8 Å². The fourth-order valence-corrected chi connectivity index (χ4v) is 3.49. The lowest BCUT2D eigenvalue weighted by atomic mass is 10.0. The number of hydrogen-bond donors (Lipinski definition) is 3. The Kier molecular flexibility index (Phi) is 7.71. The first-order chi connectivity index (χ1) is 15.3. The molecule has 0 saturated heterocycles. The van der Waals surface area contributed by atoms with Crippen LogP contribution < -0.4 is 20.7 Å². The average Bonchev–Trinajstić information content (AvgIpc) is 3.58. The van der Waals surface area contributed by atoms with E-state index in [4.69, 9.17) is 4.74 Å². The van der Waals surface area contributed by atoms with E-state index >= 15 is 0 Å². The van der Waals surface area contributed by atoms with Gasteiger partial charge in [0, 0.05) is 13.6 Å². The van der Waals surface area contributed by atoms with Gasteiger partial charge in [0.05, 0.1) is 18.5 Å². The molecule has 1 aromatic carbocycles. The molecule has 4 amide bonds. The average molecular weight is 445 g/mol. The first-order valence-corrected chi connectivity index (χ1v) is 11.1. The first-order valence-electron chi connectivity index (χ1n) is 11.1. The Bertz CT molecular complexity index is 868. The molecular weight excluding hydrogens is 412 g/mol. The summed E-state index contributed by atoms with van der Waals surface area (Å²) in [6.07, 6.45) is 1.86. The molecule has 32 heavy (non-hydrogen) atoms. The summed E-state index contributed by atoms with van der Waals surface area (Å²) in [5.74, 6) is -0.975. The molecule has 0 unspecified atom stereocenters. The number of carbonyl (C=O) groups is 4. The highest BCUT2D eigenvalue weighted by molar-refractivity contribution is 6.01. The summed E-state index contributed by atoms with van der Waals surface area (Å²) in [4.78, 5) is 53.0. The highest BCUT2D eigenvalue weighted by Gasteiger charge is 2.32. The van der Waals surface area contributed by atoms with Gasteiger partial charge in [0.15, 0.2) is 0 Å². The Labute approximate surface area is 188 Å². The highest BCUT2D eigenvalue weighted by atomic mass is 16.5. The fourth-order valence-electron chi connectivity index (χ4n) is 3.49. The van der Waals surface area contributed by atoms with Gasteiger partial charge in [-0.3, -0.25) is 19.2 Å². The molecule has 0 aromatic heterocycles. The van der Waals surface area contributed by atoms with Crippen LogP contribution in [0.4, 0.5) is 0 Å². The highest BCUT2D eigenvalue weighted by Crippen LogP contribution is 2.27. The quantitative estimate of drug-likeness (QED) is 0.632. The predicted molar refractivity (Wildman–Crippen MR) is 118 cm³/mol. The minimum Gasteiger partial charge on any atom is -0.491 e. The number of fused-ring (bicyclic) bond motifs is 1. The summed E-state index contributed by atoms with van der Waals surface area (Å²) < 4.78 is 5.78. The molecular formula is C23H32N4O5. The molecule has 2 atom stereocenters. The van der Waals surface area contributed by atoms with Crippen LogP contribution in [0.1, 0.15) is 43.5 Å². The Morgan fingerprint density at radius 3 is 2.59 bits per heavy atom. The zero-order chi connectivity index (χ0) is 23.3. The first kappa shape index (κ1) is 23.6. The van der Waals surface area contributed by atoms with E-state index in [9.17, 15) is 19.2 Å². The second-order valence-electron chi connectivity index (χ2n) is 8.81. The minimum atomic E-state index is -1.07. The van der Waals surface area contributed by atoms with Gasteiger partial charge in [0.2, 0.25) is 17.7 Å². The van der Waals surface area contributed by atoms with Crippen molar-refractivity contribution >= 4 is 23.6 Å². The van der Waals surface area contributed by atoms with E-state index in [-0.39, 0.29) is 30.4 Å². The predicted octanol–water partition coefficient (Wildman–Crippen LogP) is 0.693. The summed E-state index contributed by atoms with van der Waals surface area (Å²) in [6.45, 7) is 4.67. The molecule has 0 spiro atoms. The van der Waals surface area contributed by atoms with E-state index in [1.807, 2.05) is 13.8 Å². The molecule has 0 bridgehead atoms.